The molecule has 4 aromatic rings. The van der Waals surface area contributed by atoms with Gasteiger partial charge in [-0.3, -0.25) is 0 Å². The highest BCUT2D eigenvalue weighted by atomic mass is 16.6. The van der Waals surface area contributed by atoms with E-state index < -0.39 is 5.97 Å². The Morgan fingerprint density at radius 3 is 2.71 bits per heavy atom. The summed E-state index contributed by atoms with van der Waals surface area (Å²) in [5.74, 6) is 0.538. The van der Waals surface area contributed by atoms with Gasteiger partial charge in [-0.05, 0) is 18.1 Å². The molecule has 2 heterocycles. The number of carbonyl (C=O) groups excluding carboxylic acids is 1. The number of aryl methyl sites for hydroxylation is 1. The van der Waals surface area contributed by atoms with Crippen LogP contribution in [-0.4, -0.2) is 20.7 Å². The largest absolute Gasteiger partial charge is 0.452 e. The Morgan fingerprint density at radius 1 is 1.11 bits per heavy atom. The second-order valence-electron chi connectivity index (χ2n) is 6.60. The van der Waals surface area contributed by atoms with Crippen LogP contribution in [0.15, 0.2) is 65.3 Å². The Hall–Kier alpha value is -3.41. The maximum atomic E-state index is 12.7. The van der Waals surface area contributed by atoms with Gasteiger partial charge in [0, 0.05) is 30.1 Å². The van der Waals surface area contributed by atoms with Crippen LogP contribution in [-0.2, 0) is 24.3 Å². The molecule has 4 rings (SSSR count). The van der Waals surface area contributed by atoms with Crippen molar-refractivity contribution in [1.29, 1.82) is 0 Å². The maximum Gasteiger partial charge on any atom is 0.340 e. The van der Waals surface area contributed by atoms with E-state index in [0.29, 0.717) is 23.8 Å². The van der Waals surface area contributed by atoms with Gasteiger partial charge in [0.25, 0.3) is 5.89 Å². The van der Waals surface area contributed by atoms with Crippen molar-refractivity contribution in [3.05, 3.63) is 83.6 Å². The van der Waals surface area contributed by atoms with Crippen LogP contribution < -0.4 is 0 Å². The van der Waals surface area contributed by atoms with Crippen molar-refractivity contribution < 1.29 is 14.1 Å². The molecule has 142 valence electrons. The van der Waals surface area contributed by atoms with E-state index in [0.717, 1.165) is 29.3 Å². The molecule has 0 fully saturated rings. The molecule has 0 N–H and O–H groups in total. The number of hydrogen-bond donors (Lipinski definition) is 0. The lowest BCUT2D eigenvalue weighted by atomic mass is 10.2. The van der Waals surface area contributed by atoms with E-state index >= 15 is 0 Å². The lowest BCUT2D eigenvalue weighted by Gasteiger charge is -2.05. The number of aromatic nitrogens is 3. The molecule has 28 heavy (non-hydrogen) atoms. The van der Waals surface area contributed by atoms with Gasteiger partial charge < -0.3 is 13.8 Å². The molecule has 0 spiro atoms. The predicted octanol–water partition coefficient (Wildman–Crippen LogP) is 4.38. The standard InChI is InChI=1S/C22H21N3O3/c1-2-8-20-23-21(28-24-20)15-27-22(26)18-14-25(13-16-9-4-3-5-10-16)19-12-7-6-11-17(18)19/h3-7,9-12,14H,2,8,13,15H2,1H3. The molecule has 0 bridgehead atoms. The number of carbonyl (C=O) groups is 1. The number of benzene rings is 2. The van der Waals surface area contributed by atoms with Gasteiger partial charge in [-0.1, -0.05) is 60.6 Å². The third-order valence-electron chi connectivity index (χ3n) is 4.51. The van der Waals surface area contributed by atoms with Crippen molar-refractivity contribution in [2.24, 2.45) is 0 Å². The molecule has 0 atom stereocenters. The van der Waals surface area contributed by atoms with Gasteiger partial charge in [-0.25, -0.2) is 4.79 Å². The van der Waals surface area contributed by atoms with Crippen LogP contribution in [0.5, 0.6) is 0 Å². The number of ether oxygens (including phenoxy) is 1. The van der Waals surface area contributed by atoms with Gasteiger partial charge in [0.1, 0.15) is 0 Å². The zero-order valence-corrected chi connectivity index (χ0v) is 15.7. The van der Waals surface area contributed by atoms with E-state index in [-0.39, 0.29) is 6.61 Å². The van der Waals surface area contributed by atoms with E-state index in [4.69, 9.17) is 9.26 Å². The fourth-order valence-corrected chi connectivity index (χ4v) is 3.20. The second kappa shape index (κ2) is 8.08. The summed E-state index contributed by atoms with van der Waals surface area (Å²) in [6.07, 6.45) is 3.51. The smallest absolute Gasteiger partial charge is 0.340 e. The van der Waals surface area contributed by atoms with Crippen molar-refractivity contribution in [1.82, 2.24) is 14.7 Å². The minimum absolute atomic E-state index is 0.0340. The molecule has 0 aliphatic heterocycles. The summed E-state index contributed by atoms with van der Waals surface area (Å²) < 4.78 is 12.6. The van der Waals surface area contributed by atoms with Crippen molar-refractivity contribution in [3.8, 4) is 0 Å². The second-order valence-corrected chi connectivity index (χ2v) is 6.60. The van der Waals surface area contributed by atoms with E-state index in [1.54, 1.807) is 0 Å². The molecule has 0 amide bonds. The number of fused-ring (bicyclic) bond motifs is 1. The number of hydrogen-bond acceptors (Lipinski definition) is 5. The van der Waals surface area contributed by atoms with Gasteiger partial charge in [-0.2, -0.15) is 4.98 Å². The van der Waals surface area contributed by atoms with Crippen molar-refractivity contribution >= 4 is 16.9 Å². The monoisotopic (exact) mass is 375 g/mol. The highest BCUT2D eigenvalue weighted by Crippen LogP contribution is 2.23. The zero-order chi connectivity index (χ0) is 19.3. The average Bonchev–Trinajstić information content (AvgIpc) is 3.32. The third kappa shape index (κ3) is 3.81. The van der Waals surface area contributed by atoms with Gasteiger partial charge in [-0.15, -0.1) is 0 Å². The highest BCUT2D eigenvalue weighted by molar-refractivity contribution is 6.04. The van der Waals surface area contributed by atoms with Crippen molar-refractivity contribution in [2.45, 2.75) is 32.9 Å². The SMILES string of the molecule is CCCc1noc(COC(=O)c2cn(Cc3ccccc3)c3ccccc23)n1. The summed E-state index contributed by atoms with van der Waals surface area (Å²) in [5.41, 5.74) is 2.68. The molecule has 0 saturated heterocycles. The van der Waals surface area contributed by atoms with E-state index in [9.17, 15) is 4.79 Å². The topological polar surface area (TPSA) is 70.2 Å². The van der Waals surface area contributed by atoms with Crippen LogP contribution >= 0.6 is 0 Å². The highest BCUT2D eigenvalue weighted by Gasteiger charge is 2.17. The van der Waals surface area contributed by atoms with Crippen molar-refractivity contribution in [3.63, 3.8) is 0 Å². The van der Waals surface area contributed by atoms with E-state index in [1.165, 1.54) is 0 Å². The summed E-state index contributed by atoms with van der Waals surface area (Å²) in [4.78, 5) is 16.9. The molecule has 2 aromatic carbocycles. The van der Waals surface area contributed by atoms with E-state index in [2.05, 4.69) is 26.8 Å². The van der Waals surface area contributed by atoms with Crippen LogP contribution in [0.3, 0.4) is 0 Å². The van der Waals surface area contributed by atoms with Crippen LogP contribution in [0, 0.1) is 0 Å². The maximum absolute atomic E-state index is 12.7. The van der Waals surface area contributed by atoms with Crippen LogP contribution in [0.2, 0.25) is 0 Å². The summed E-state index contributed by atoms with van der Waals surface area (Å²) in [5, 5.41) is 4.74. The first-order chi connectivity index (χ1) is 13.7. The Morgan fingerprint density at radius 2 is 1.89 bits per heavy atom. The molecule has 6 heteroatoms. The fourth-order valence-electron chi connectivity index (χ4n) is 3.20. The van der Waals surface area contributed by atoms with Crippen LogP contribution in [0.1, 0.15) is 41.0 Å². The summed E-state index contributed by atoms with van der Waals surface area (Å²) in [6, 6.07) is 18.0. The van der Waals surface area contributed by atoms with Gasteiger partial charge in [0.2, 0.25) is 0 Å². The first-order valence-corrected chi connectivity index (χ1v) is 9.35. The number of nitrogens with zero attached hydrogens (tertiary/aromatic N) is 3. The Bertz CT molecular complexity index is 1080. The van der Waals surface area contributed by atoms with E-state index in [1.807, 2.05) is 55.6 Å². The summed E-state index contributed by atoms with van der Waals surface area (Å²) in [7, 11) is 0. The minimum Gasteiger partial charge on any atom is -0.452 e. The predicted molar refractivity (Wildman–Crippen MR) is 105 cm³/mol. The number of rotatable bonds is 7. The van der Waals surface area contributed by atoms with Crippen LogP contribution in [0.4, 0.5) is 0 Å². The molecule has 0 unspecified atom stereocenters. The third-order valence-corrected chi connectivity index (χ3v) is 4.51. The lowest BCUT2D eigenvalue weighted by Crippen LogP contribution is -2.05. The molecule has 0 saturated carbocycles. The Kier molecular flexibility index (Phi) is 5.19. The lowest BCUT2D eigenvalue weighted by molar-refractivity contribution is 0.0432. The Balaban J connectivity index is 1.54. The number of para-hydroxylation sites is 1. The van der Waals surface area contributed by atoms with Gasteiger partial charge in [0.05, 0.1) is 5.56 Å². The fraction of sp³-hybridized carbons (Fsp3) is 0.227. The first kappa shape index (κ1) is 18.0. The summed E-state index contributed by atoms with van der Waals surface area (Å²) >= 11 is 0. The normalized spacial score (nSPS) is 11.0. The molecule has 6 nitrogen and oxygen atoms in total. The number of esters is 1. The molecule has 0 aliphatic rings. The van der Waals surface area contributed by atoms with Gasteiger partial charge >= 0.3 is 5.97 Å². The molecular formula is C22H21N3O3. The minimum atomic E-state index is -0.404. The molecule has 0 aliphatic carbocycles. The molecule has 0 radical (unpaired) electrons. The molecule has 2 aromatic heterocycles. The zero-order valence-electron chi connectivity index (χ0n) is 15.7. The average molecular weight is 375 g/mol. The Labute approximate surface area is 162 Å². The quantitative estimate of drug-likeness (QED) is 0.448. The van der Waals surface area contributed by atoms with Gasteiger partial charge in [0.15, 0.2) is 12.4 Å². The first-order valence-electron chi connectivity index (χ1n) is 9.35. The van der Waals surface area contributed by atoms with Crippen LogP contribution in [0.25, 0.3) is 10.9 Å². The van der Waals surface area contributed by atoms with Crippen molar-refractivity contribution in [2.75, 3.05) is 0 Å². The summed E-state index contributed by atoms with van der Waals surface area (Å²) in [6.45, 7) is 2.69. The molecular weight excluding hydrogens is 354 g/mol.